The molecule has 4 heteroatoms. The summed E-state index contributed by atoms with van der Waals surface area (Å²) in [6.07, 6.45) is 13.0. The summed E-state index contributed by atoms with van der Waals surface area (Å²) in [6, 6.07) is 9.85. The number of likely N-dealkylation sites (tertiary alicyclic amines) is 2. The van der Waals surface area contributed by atoms with Gasteiger partial charge in [0.1, 0.15) is 0 Å². The molecule has 248 valence electrons. The van der Waals surface area contributed by atoms with Crippen molar-refractivity contribution in [2.24, 2.45) is 23.7 Å². The lowest BCUT2D eigenvalue weighted by Gasteiger charge is -2.41. The molecule has 3 aliphatic heterocycles. The van der Waals surface area contributed by atoms with Crippen LogP contribution in [-0.4, -0.2) is 84.5 Å². The van der Waals surface area contributed by atoms with Crippen molar-refractivity contribution in [3.63, 3.8) is 0 Å². The Morgan fingerprint density at radius 3 is 2.00 bits per heavy atom. The monoisotopic (exact) mass is 605 g/mol. The molecule has 0 bridgehead atoms. The first-order valence-corrected chi connectivity index (χ1v) is 18.5. The Labute approximate surface area is 272 Å². The molecule has 1 aromatic rings. The van der Waals surface area contributed by atoms with Crippen molar-refractivity contribution in [2.45, 2.75) is 112 Å². The van der Waals surface area contributed by atoms with Crippen molar-refractivity contribution < 1.29 is 0 Å². The highest BCUT2D eigenvalue weighted by atomic mass is 15.3. The molecule has 0 radical (unpaired) electrons. The van der Waals surface area contributed by atoms with Crippen LogP contribution in [0.2, 0.25) is 0 Å². The summed E-state index contributed by atoms with van der Waals surface area (Å²) in [5, 5.41) is 0. The number of rotatable bonds is 9. The van der Waals surface area contributed by atoms with Gasteiger partial charge in [-0.25, -0.2) is 0 Å². The van der Waals surface area contributed by atoms with Gasteiger partial charge in [-0.15, -0.1) is 0 Å². The highest BCUT2D eigenvalue weighted by molar-refractivity contribution is 5.28. The van der Waals surface area contributed by atoms with Gasteiger partial charge in [-0.2, -0.15) is 0 Å². The summed E-state index contributed by atoms with van der Waals surface area (Å²) in [5.41, 5.74) is 6.08. The number of piperazine rings is 1. The molecule has 1 aromatic carbocycles. The van der Waals surface area contributed by atoms with E-state index in [2.05, 4.69) is 111 Å². The normalized spacial score (nSPS) is 22.0. The van der Waals surface area contributed by atoms with E-state index < -0.39 is 0 Å². The van der Waals surface area contributed by atoms with E-state index in [9.17, 15) is 0 Å². The van der Waals surface area contributed by atoms with Crippen LogP contribution in [0.5, 0.6) is 0 Å². The zero-order valence-corrected chi connectivity index (χ0v) is 30.0. The summed E-state index contributed by atoms with van der Waals surface area (Å²) in [4.78, 5) is 10.6. The van der Waals surface area contributed by atoms with Gasteiger partial charge < -0.3 is 9.80 Å². The number of hydrogen-bond donors (Lipinski definition) is 0. The second-order valence-electron chi connectivity index (χ2n) is 15.7. The standard InChI is InChI=1S/C22H39N3.C18H29N/c1-18(2)21-6-5-7-22(16-21)25-14-12-23(13-15-25)17-20-8-10-24(11-9-20)19(3)4;1-14(2)17-8-10-19(11-9-17)13-16-6-5-7-18(12-16)15(3)4/h7,16,18-20H,5-6,8-15,17H2,1-4H3;5-7,12,14-15,17H,8-11,13H2,1-4H3. The maximum absolute atomic E-state index is 2.72. The Balaban J connectivity index is 0.000000209. The fraction of sp³-hybridized carbons (Fsp3) is 0.750. The molecule has 5 rings (SSSR count). The maximum atomic E-state index is 2.72. The zero-order chi connectivity index (χ0) is 31.6. The van der Waals surface area contributed by atoms with Crippen LogP contribution in [0.3, 0.4) is 0 Å². The number of hydrogen-bond acceptors (Lipinski definition) is 4. The third-order valence-electron chi connectivity index (χ3n) is 11.1. The van der Waals surface area contributed by atoms with Gasteiger partial charge in [0.2, 0.25) is 0 Å². The Bertz CT molecular complexity index is 1030. The Morgan fingerprint density at radius 2 is 1.41 bits per heavy atom. The van der Waals surface area contributed by atoms with Crippen molar-refractivity contribution in [3.05, 3.63) is 58.8 Å². The molecule has 4 nitrogen and oxygen atoms in total. The maximum Gasteiger partial charge on any atom is 0.0326 e. The Hall–Kier alpha value is -1.62. The molecule has 3 saturated heterocycles. The summed E-state index contributed by atoms with van der Waals surface area (Å²) >= 11 is 0. The largest absolute Gasteiger partial charge is 0.369 e. The van der Waals surface area contributed by atoms with Crippen LogP contribution in [0.1, 0.15) is 111 Å². The van der Waals surface area contributed by atoms with Gasteiger partial charge in [0.05, 0.1) is 0 Å². The van der Waals surface area contributed by atoms with E-state index in [-0.39, 0.29) is 0 Å². The summed E-state index contributed by atoms with van der Waals surface area (Å²) in [6.45, 7) is 31.1. The van der Waals surface area contributed by atoms with Gasteiger partial charge in [0, 0.05) is 51.0 Å². The van der Waals surface area contributed by atoms with Gasteiger partial charge in [-0.3, -0.25) is 9.80 Å². The lowest BCUT2D eigenvalue weighted by atomic mass is 9.86. The van der Waals surface area contributed by atoms with Crippen molar-refractivity contribution in [1.82, 2.24) is 19.6 Å². The molecular formula is C40H68N4. The first-order valence-electron chi connectivity index (χ1n) is 18.5. The number of allylic oxidation sites excluding steroid dienone is 3. The Kier molecular flexibility index (Phi) is 13.9. The van der Waals surface area contributed by atoms with Crippen molar-refractivity contribution >= 4 is 0 Å². The van der Waals surface area contributed by atoms with Gasteiger partial charge in [-0.05, 0) is 125 Å². The first-order chi connectivity index (χ1) is 21.1. The van der Waals surface area contributed by atoms with Crippen LogP contribution < -0.4 is 0 Å². The van der Waals surface area contributed by atoms with Gasteiger partial charge in [0.15, 0.2) is 0 Å². The molecule has 0 unspecified atom stereocenters. The number of benzene rings is 1. The van der Waals surface area contributed by atoms with Crippen LogP contribution in [0.25, 0.3) is 0 Å². The molecule has 0 saturated carbocycles. The van der Waals surface area contributed by atoms with Crippen molar-refractivity contribution in [3.8, 4) is 0 Å². The fourth-order valence-electron chi connectivity index (χ4n) is 7.68. The summed E-state index contributed by atoms with van der Waals surface area (Å²) < 4.78 is 0. The van der Waals surface area contributed by atoms with E-state index >= 15 is 0 Å². The molecule has 3 heterocycles. The second-order valence-corrected chi connectivity index (χ2v) is 15.7. The third kappa shape index (κ3) is 10.7. The van der Waals surface area contributed by atoms with Gasteiger partial charge in [-0.1, -0.05) is 77.5 Å². The van der Waals surface area contributed by atoms with E-state index in [1.165, 1.54) is 114 Å². The minimum Gasteiger partial charge on any atom is -0.369 e. The van der Waals surface area contributed by atoms with E-state index in [0.29, 0.717) is 11.8 Å². The molecule has 44 heavy (non-hydrogen) atoms. The van der Waals surface area contributed by atoms with Crippen LogP contribution >= 0.6 is 0 Å². The molecule has 0 N–H and O–H groups in total. The first kappa shape index (κ1) is 35.2. The van der Waals surface area contributed by atoms with E-state index in [1.807, 2.05) is 0 Å². The molecule has 4 aliphatic rings. The van der Waals surface area contributed by atoms with Crippen LogP contribution in [0.4, 0.5) is 0 Å². The molecular weight excluding hydrogens is 536 g/mol. The lowest BCUT2D eigenvalue weighted by Crippen LogP contribution is -2.48. The van der Waals surface area contributed by atoms with Gasteiger partial charge >= 0.3 is 0 Å². The SMILES string of the molecule is CC(C)C1=CC(N2CCN(CC3CCN(C(C)C)CC3)CC2)=CCC1.CC(C)c1cccc(CN2CCC(C(C)C)CC2)c1. The highest BCUT2D eigenvalue weighted by Gasteiger charge is 2.26. The topological polar surface area (TPSA) is 13.0 Å². The lowest BCUT2D eigenvalue weighted by molar-refractivity contribution is 0.0982. The van der Waals surface area contributed by atoms with Crippen LogP contribution in [0.15, 0.2) is 47.7 Å². The molecule has 0 amide bonds. The molecule has 1 aliphatic carbocycles. The van der Waals surface area contributed by atoms with E-state index in [4.69, 9.17) is 0 Å². The van der Waals surface area contributed by atoms with E-state index in [0.717, 1.165) is 30.3 Å². The highest BCUT2D eigenvalue weighted by Crippen LogP contribution is 2.28. The predicted octanol–water partition coefficient (Wildman–Crippen LogP) is 8.66. The van der Waals surface area contributed by atoms with Gasteiger partial charge in [0.25, 0.3) is 0 Å². The smallest absolute Gasteiger partial charge is 0.0326 e. The summed E-state index contributed by atoms with van der Waals surface area (Å²) in [7, 11) is 0. The minimum atomic E-state index is 0.631. The van der Waals surface area contributed by atoms with E-state index in [1.54, 1.807) is 5.57 Å². The fourth-order valence-corrected chi connectivity index (χ4v) is 7.68. The zero-order valence-electron chi connectivity index (χ0n) is 30.0. The molecule has 0 aromatic heterocycles. The minimum absolute atomic E-state index is 0.631. The quantitative estimate of drug-likeness (QED) is 0.280. The van der Waals surface area contributed by atoms with Crippen LogP contribution in [-0.2, 0) is 6.54 Å². The molecule has 0 atom stereocenters. The molecule has 3 fully saturated rings. The Morgan fingerprint density at radius 1 is 0.727 bits per heavy atom. The number of nitrogens with zero attached hydrogens (tertiary/aromatic N) is 4. The second kappa shape index (κ2) is 17.3. The van der Waals surface area contributed by atoms with Crippen molar-refractivity contribution in [2.75, 3.05) is 58.9 Å². The summed E-state index contributed by atoms with van der Waals surface area (Å²) in [5.74, 6) is 4.04. The molecule has 0 spiro atoms. The van der Waals surface area contributed by atoms with Crippen molar-refractivity contribution in [1.29, 1.82) is 0 Å². The average molecular weight is 605 g/mol. The third-order valence-corrected chi connectivity index (χ3v) is 11.1. The average Bonchev–Trinajstić information content (AvgIpc) is 3.02. The number of piperidine rings is 2. The predicted molar refractivity (Wildman–Crippen MR) is 191 cm³/mol. The van der Waals surface area contributed by atoms with Crippen LogP contribution in [0, 0.1) is 23.7 Å².